The summed E-state index contributed by atoms with van der Waals surface area (Å²) in [5.74, 6) is -1.15. The quantitative estimate of drug-likeness (QED) is 0.128. The average molecular weight is 546 g/mol. The molecule has 208 valence electrons. The fraction of sp³-hybridized carbons (Fsp3) is 0.250. The number of halogens is 1. The van der Waals surface area contributed by atoms with Gasteiger partial charge in [0.05, 0.1) is 18.7 Å². The van der Waals surface area contributed by atoms with E-state index < -0.39 is 11.9 Å². The first kappa shape index (κ1) is 28.4. The number of carbonyl (C=O) groups is 2. The number of para-hydroxylation sites is 2. The molecule has 1 heterocycles. The minimum atomic E-state index is -0.944. The molecule has 7 nitrogen and oxygen atoms in total. The van der Waals surface area contributed by atoms with Gasteiger partial charge in [0.15, 0.2) is 11.6 Å². The number of benzene rings is 3. The number of carboxylic acid groups (broad SMARTS) is 2. The van der Waals surface area contributed by atoms with E-state index in [0.29, 0.717) is 26.1 Å². The Bertz CT molecular complexity index is 1470. The lowest BCUT2D eigenvalue weighted by molar-refractivity contribution is -0.138. The topological polar surface area (TPSA) is 98.0 Å². The molecule has 0 bridgehead atoms. The third-order valence-electron chi connectivity index (χ3n) is 6.39. The highest BCUT2D eigenvalue weighted by Crippen LogP contribution is 2.28. The number of aromatic nitrogens is 1. The van der Waals surface area contributed by atoms with Gasteiger partial charge in [0, 0.05) is 18.0 Å². The highest BCUT2D eigenvalue weighted by Gasteiger charge is 2.13. The Morgan fingerprint density at radius 1 is 0.825 bits per heavy atom. The van der Waals surface area contributed by atoms with Crippen LogP contribution in [-0.4, -0.2) is 39.9 Å². The van der Waals surface area contributed by atoms with Crippen molar-refractivity contribution in [2.45, 2.75) is 38.6 Å². The molecular formula is C32H32FNO6. The van der Waals surface area contributed by atoms with E-state index in [1.165, 1.54) is 6.07 Å². The van der Waals surface area contributed by atoms with Crippen molar-refractivity contribution in [1.82, 2.24) is 4.57 Å². The molecule has 0 fully saturated rings. The Balaban J connectivity index is 1.35. The fourth-order valence-electron chi connectivity index (χ4n) is 4.50. The number of carboxylic acids is 2. The normalized spacial score (nSPS) is 11.2. The van der Waals surface area contributed by atoms with Gasteiger partial charge in [-0.1, -0.05) is 54.6 Å². The molecule has 40 heavy (non-hydrogen) atoms. The minimum Gasteiger partial charge on any atom is -0.494 e. The van der Waals surface area contributed by atoms with Gasteiger partial charge in [-0.15, -0.1) is 0 Å². The fourth-order valence-corrected chi connectivity index (χ4v) is 4.50. The van der Waals surface area contributed by atoms with Gasteiger partial charge in [0.25, 0.3) is 0 Å². The molecule has 4 rings (SSSR count). The first-order valence-electron chi connectivity index (χ1n) is 13.2. The van der Waals surface area contributed by atoms with Crippen molar-refractivity contribution in [3.8, 4) is 11.5 Å². The third kappa shape index (κ3) is 7.96. The predicted molar refractivity (Wildman–Crippen MR) is 152 cm³/mol. The zero-order chi connectivity index (χ0) is 28.3. The van der Waals surface area contributed by atoms with Gasteiger partial charge in [-0.25, -0.2) is 4.39 Å². The van der Waals surface area contributed by atoms with E-state index in [1.807, 2.05) is 60.8 Å². The molecule has 8 heteroatoms. The van der Waals surface area contributed by atoms with Crippen LogP contribution in [0.2, 0.25) is 0 Å². The molecule has 0 aliphatic carbocycles. The summed E-state index contributed by atoms with van der Waals surface area (Å²) in [6, 6.07) is 19.8. The molecule has 0 aliphatic rings. The van der Waals surface area contributed by atoms with Crippen molar-refractivity contribution >= 4 is 35.0 Å². The molecule has 1 aromatic heterocycles. The van der Waals surface area contributed by atoms with Crippen LogP contribution in [0.5, 0.6) is 11.5 Å². The SMILES string of the molecule is O=C(O)CCCc1cn(CC(=O)O)c2c(/C=C/c3ccc(OCCCCOc4ccccc4F)cc3)cccc12. The maximum absolute atomic E-state index is 13.6. The van der Waals surface area contributed by atoms with E-state index >= 15 is 0 Å². The molecule has 0 saturated heterocycles. The van der Waals surface area contributed by atoms with E-state index in [1.54, 1.807) is 22.8 Å². The van der Waals surface area contributed by atoms with Crippen LogP contribution in [-0.2, 0) is 22.6 Å². The van der Waals surface area contributed by atoms with E-state index in [2.05, 4.69) is 0 Å². The summed E-state index contributed by atoms with van der Waals surface area (Å²) in [6.07, 6.45) is 8.35. The lowest BCUT2D eigenvalue weighted by Gasteiger charge is -2.08. The second-order valence-electron chi connectivity index (χ2n) is 9.40. The van der Waals surface area contributed by atoms with Crippen molar-refractivity contribution in [3.05, 3.63) is 95.4 Å². The van der Waals surface area contributed by atoms with Crippen molar-refractivity contribution < 1.29 is 33.7 Å². The van der Waals surface area contributed by atoms with Gasteiger partial charge in [0.1, 0.15) is 12.3 Å². The van der Waals surface area contributed by atoms with Crippen LogP contribution in [0.3, 0.4) is 0 Å². The van der Waals surface area contributed by atoms with E-state index in [-0.39, 0.29) is 24.5 Å². The lowest BCUT2D eigenvalue weighted by Crippen LogP contribution is -2.07. The molecular weight excluding hydrogens is 513 g/mol. The van der Waals surface area contributed by atoms with Crippen LogP contribution in [0, 0.1) is 5.82 Å². The van der Waals surface area contributed by atoms with Crippen LogP contribution in [0.4, 0.5) is 4.39 Å². The number of aryl methyl sites for hydroxylation is 1. The molecule has 2 N–H and O–H groups in total. The predicted octanol–water partition coefficient (Wildman–Crippen LogP) is 6.68. The minimum absolute atomic E-state index is 0.0643. The molecule has 0 radical (unpaired) electrons. The van der Waals surface area contributed by atoms with Crippen molar-refractivity contribution in [1.29, 1.82) is 0 Å². The van der Waals surface area contributed by atoms with Crippen LogP contribution < -0.4 is 9.47 Å². The van der Waals surface area contributed by atoms with Crippen LogP contribution in [0.15, 0.2) is 72.9 Å². The Kier molecular flexibility index (Phi) is 9.93. The summed E-state index contributed by atoms with van der Waals surface area (Å²) in [5, 5.41) is 19.3. The summed E-state index contributed by atoms with van der Waals surface area (Å²) in [4.78, 5) is 22.4. The van der Waals surface area contributed by atoms with Crippen LogP contribution in [0.25, 0.3) is 23.1 Å². The molecule has 0 spiro atoms. The number of ether oxygens (including phenoxy) is 2. The molecule has 0 saturated carbocycles. The summed E-state index contributed by atoms with van der Waals surface area (Å²) >= 11 is 0. The second kappa shape index (κ2) is 14.0. The Morgan fingerprint density at radius 2 is 1.57 bits per heavy atom. The van der Waals surface area contributed by atoms with Crippen molar-refractivity contribution in [2.75, 3.05) is 13.2 Å². The first-order chi connectivity index (χ1) is 19.4. The highest BCUT2D eigenvalue weighted by atomic mass is 19.1. The summed E-state index contributed by atoms with van der Waals surface area (Å²) in [5.41, 5.74) is 3.58. The maximum atomic E-state index is 13.6. The average Bonchev–Trinajstić information content (AvgIpc) is 3.28. The maximum Gasteiger partial charge on any atom is 0.323 e. The van der Waals surface area contributed by atoms with Crippen LogP contribution in [0.1, 0.15) is 42.4 Å². The number of fused-ring (bicyclic) bond motifs is 1. The number of hydrogen-bond donors (Lipinski definition) is 2. The van der Waals surface area contributed by atoms with E-state index in [9.17, 15) is 19.1 Å². The van der Waals surface area contributed by atoms with Crippen molar-refractivity contribution in [3.63, 3.8) is 0 Å². The molecule has 3 aromatic carbocycles. The highest BCUT2D eigenvalue weighted by molar-refractivity contribution is 5.94. The third-order valence-corrected chi connectivity index (χ3v) is 6.39. The monoisotopic (exact) mass is 545 g/mol. The second-order valence-corrected chi connectivity index (χ2v) is 9.40. The first-order valence-corrected chi connectivity index (χ1v) is 13.2. The standard InChI is InChI=1S/C32H32FNO6/c33-28-10-1-2-11-29(28)40-20-4-3-19-39-26-17-14-23(15-18-26)13-16-24-7-5-9-27-25(8-6-12-30(35)36)21-34(32(24)27)22-31(37)38/h1-2,5,7,9-11,13-18,21H,3-4,6,8,12,19-20,22H2,(H,35,36)(H,37,38)/b16-13+. The molecule has 0 aliphatic heterocycles. The van der Waals surface area contributed by atoms with Gasteiger partial charge in [-0.3, -0.25) is 9.59 Å². The number of aliphatic carboxylic acids is 2. The number of unbranched alkanes of at least 4 members (excludes halogenated alkanes) is 1. The Morgan fingerprint density at radius 3 is 2.30 bits per heavy atom. The van der Waals surface area contributed by atoms with E-state index in [4.69, 9.17) is 14.6 Å². The molecule has 4 aromatic rings. The summed E-state index contributed by atoms with van der Waals surface area (Å²) < 4.78 is 26.6. The Hall–Kier alpha value is -4.59. The Labute approximate surface area is 232 Å². The van der Waals surface area contributed by atoms with Gasteiger partial charge in [0.2, 0.25) is 0 Å². The van der Waals surface area contributed by atoms with Gasteiger partial charge >= 0.3 is 11.9 Å². The summed E-state index contributed by atoms with van der Waals surface area (Å²) in [7, 11) is 0. The lowest BCUT2D eigenvalue weighted by atomic mass is 10.0. The van der Waals surface area contributed by atoms with Crippen molar-refractivity contribution in [2.24, 2.45) is 0 Å². The zero-order valence-electron chi connectivity index (χ0n) is 22.1. The number of nitrogens with zero attached hydrogens (tertiary/aromatic N) is 1. The van der Waals surface area contributed by atoms with E-state index in [0.717, 1.165) is 46.2 Å². The largest absolute Gasteiger partial charge is 0.494 e. The molecule has 0 amide bonds. The number of rotatable bonds is 15. The molecule has 0 atom stereocenters. The number of hydrogen-bond acceptors (Lipinski definition) is 4. The van der Waals surface area contributed by atoms with Gasteiger partial charge in [-0.2, -0.15) is 0 Å². The van der Waals surface area contributed by atoms with Crippen LogP contribution >= 0.6 is 0 Å². The zero-order valence-corrected chi connectivity index (χ0v) is 22.1. The smallest absolute Gasteiger partial charge is 0.323 e. The van der Waals surface area contributed by atoms with Gasteiger partial charge < -0.3 is 24.3 Å². The molecule has 0 unspecified atom stereocenters. The summed E-state index contributed by atoms with van der Waals surface area (Å²) in [6.45, 7) is 0.759. The van der Waals surface area contributed by atoms with Gasteiger partial charge in [-0.05, 0) is 66.6 Å².